The van der Waals surface area contributed by atoms with Crippen LogP contribution < -0.4 is 10.6 Å². The highest BCUT2D eigenvalue weighted by atomic mass is 19.4. The molecule has 0 unspecified atom stereocenters. The zero-order valence-electron chi connectivity index (χ0n) is 20.8. The molecule has 2 aromatic heterocycles. The first-order chi connectivity index (χ1) is 18.5. The first-order valence-electron chi connectivity index (χ1n) is 11.8. The van der Waals surface area contributed by atoms with Crippen molar-refractivity contribution in [3.05, 3.63) is 77.2 Å². The lowest BCUT2D eigenvalue weighted by atomic mass is 9.96. The summed E-state index contributed by atoms with van der Waals surface area (Å²) >= 11 is 0. The quantitative estimate of drug-likeness (QED) is 0.289. The number of nitrogens with zero attached hydrogens (tertiary/aromatic N) is 2. The second-order valence-corrected chi connectivity index (χ2v) is 8.75. The minimum Gasteiger partial charge on any atom is -0.437 e. The van der Waals surface area contributed by atoms with E-state index in [1.807, 2.05) is 6.07 Å². The van der Waals surface area contributed by atoms with Crippen molar-refractivity contribution in [2.75, 3.05) is 7.05 Å². The number of aromatic nitrogens is 1. The van der Waals surface area contributed by atoms with Crippen LogP contribution in [-0.2, 0) is 6.42 Å². The van der Waals surface area contributed by atoms with Crippen LogP contribution in [0.3, 0.4) is 0 Å². The maximum atomic E-state index is 13.5. The number of fused-ring (bicyclic) bond motifs is 1. The summed E-state index contributed by atoms with van der Waals surface area (Å²) < 4.78 is 58.9. The Morgan fingerprint density at radius 1 is 1.08 bits per heavy atom. The van der Waals surface area contributed by atoms with Crippen LogP contribution in [0.15, 0.2) is 59.0 Å². The van der Waals surface area contributed by atoms with Crippen LogP contribution in [0.2, 0.25) is 0 Å². The third kappa shape index (κ3) is 6.06. The minimum absolute atomic E-state index is 0.0469. The highest BCUT2D eigenvalue weighted by molar-refractivity contribution is 6.11. The third-order valence-corrected chi connectivity index (χ3v) is 5.94. The summed E-state index contributed by atoms with van der Waals surface area (Å²) in [5.41, 5.74) is 1.26. The maximum Gasteiger partial charge on any atom is 0.389 e. The molecule has 0 bridgehead atoms. The van der Waals surface area contributed by atoms with Crippen LogP contribution in [-0.4, -0.2) is 36.1 Å². The molecule has 0 aliphatic heterocycles. The molecule has 4 aromatic rings. The molecule has 200 valence electrons. The van der Waals surface area contributed by atoms with E-state index in [2.05, 4.69) is 15.6 Å². The number of nitriles is 1. The fourth-order valence-corrected chi connectivity index (χ4v) is 4.06. The predicted molar refractivity (Wildman–Crippen MR) is 135 cm³/mol. The van der Waals surface area contributed by atoms with Gasteiger partial charge < -0.3 is 15.1 Å². The summed E-state index contributed by atoms with van der Waals surface area (Å²) in [6, 6.07) is 14.0. The average Bonchev–Trinajstić information content (AvgIpc) is 3.29. The summed E-state index contributed by atoms with van der Waals surface area (Å²) in [4.78, 5) is 29.9. The van der Waals surface area contributed by atoms with Crippen molar-refractivity contribution >= 4 is 22.9 Å². The van der Waals surface area contributed by atoms with Crippen LogP contribution in [0.1, 0.15) is 39.8 Å². The van der Waals surface area contributed by atoms with Crippen molar-refractivity contribution in [2.24, 2.45) is 0 Å². The molecule has 2 aromatic carbocycles. The average molecular weight is 539 g/mol. The second kappa shape index (κ2) is 10.9. The molecule has 39 heavy (non-hydrogen) atoms. The van der Waals surface area contributed by atoms with E-state index in [1.54, 1.807) is 12.1 Å². The molecule has 2 N–H and O–H groups in total. The van der Waals surface area contributed by atoms with Crippen molar-refractivity contribution in [3.63, 3.8) is 0 Å². The van der Waals surface area contributed by atoms with Crippen LogP contribution in [0.5, 0.6) is 0 Å². The van der Waals surface area contributed by atoms with Gasteiger partial charge in [0.25, 0.3) is 11.8 Å². The number of furan rings is 1. The molecule has 0 fully saturated rings. The molecular formula is C28H22F4N4O3. The van der Waals surface area contributed by atoms with Gasteiger partial charge in [0.1, 0.15) is 17.6 Å². The highest BCUT2D eigenvalue weighted by Gasteiger charge is 2.29. The van der Waals surface area contributed by atoms with E-state index in [1.165, 1.54) is 56.4 Å². The Morgan fingerprint density at radius 2 is 1.79 bits per heavy atom. The zero-order valence-corrected chi connectivity index (χ0v) is 20.8. The molecule has 11 heteroatoms. The molecule has 0 saturated carbocycles. The summed E-state index contributed by atoms with van der Waals surface area (Å²) in [5, 5.41) is 14.2. The van der Waals surface area contributed by atoms with E-state index >= 15 is 0 Å². The molecule has 4 rings (SSSR count). The number of carbonyl (C=O) groups is 2. The third-order valence-electron chi connectivity index (χ3n) is 5.94. The summed E-state index contributed by atoms with van der Waals surface area (Å²) in [6.45, 7) is 1.51. The van der Waals surface area contributed by atoms with Gasteiger partial charge in [-0.05, 0) is 61.4 Å². The summed E-state index contributed by atoms with van der Waals surface area (Å²) in [5.74, 6) is -1.50. The van der Waals surface area contributed by atoms with Crippen molar-refractivity contribution in [1.82, 2.24) is 15.6 Å². The number of alkyl halides is 3. The topological polar surface area (TPSA) is 108 Å². The van der Waals surface area contributed by atoms with Gasteiger partial charge in [0.15, 0.2) is 0 Å². The van der Waals surface area contributed by atoms with Crippen molar-refractivity contribution in [2.45, 2.75) is 32.0 Å². The van der Waals surface area contributed by atoms with Gasteiger partial charge in [-0.15, -0.1) is 0 Å². The lowest BCUT2D eigenvalue weighted by molar-refractivity contribution is -0.134. The van der Waals surface area contributed by atoms with E-state index in [0.29, 0.717) is 11.1 Å². The standard InChI is InChI=1S/C28H22F4N4O3/c1-15(14-33)35-25(37)18-5-3-4-17(12-18)20-13-21-23(26(38)34-2)24(16-6-8-19(29)9-7-16)39-27(21)36-22(20)10-11-28(30,31)32/h3-9,12-13,15H,10-11H2,1-2H3,(H,34,38)(H,35,37)/t15-/m1/s1. The van der Waals surface area contributed by atoms with Crippen molar-refractivity contribution in [3.8, 4) is 28.5 Å². The Labute approximate surface area is 220 Å². The molecule has 2 amide bonds. The monoisotopic (exact) mass is 538 g/mol. The smallest absolute Gasteiger partial charge is 0.389 e. The summed E-state index contributed by atoms with van der Waals surface area (Å²) in [6.07, 6.45) is -6.11. The lowest BCUT2D eigenvalue weighted by Crippen LogP contribution is -2.31. The molecule has 7 nitrogen and oxygen atoms in total. The number of amides is 2. The SMILES string of the molecule is CNC(=O)c1c(-c2ccc(F)cc2)oc2nc(CCC(F)(F)F)c(-c3cccc(C(=O)N[C@H](C)C#N)c3)cc12. The van der Waals surface area contributed by atoms with Gasteiger partial charge in [-0.2, -0.15) is 18.4 Å². The molecule has 0 spiro atoms. The van der Waals surface area contributed by atoms with Crippen LogP contribution in [0.4, 0.5) is 17.6 Å². The normalized spacial score (nSPS) is 12.1. The van der Waals surface area contributed by atoms with Crippen LogP contribution in [0, 0.1) is 17.1 Å². The Bertz CT molecular complexity index is 1590. The highest BCUT2D eigenvalue weighted by Crippen LogP contribution is 2.37. The lowest BCUT2D eigenvalue weighted by Gasteiger charge is -2.13. The number of hydrogen-bond donors (Lipinski definition) is 2. The molecule has 2 heterocycles. The second-order valence-electron chi connectivity index (χ2n) is 8.75. The van der Waals surface area contributed by atoms with Gasteiger partial charge in [0.2, 0.25) is 5.71 Å². The van der Waals surface area contributed by atoms with Gasteiger partial charge in [-0.3, -0.25) is 9.59 Å². The molecular weight excluding hydrogens is 516 g/mol. The minimum atomic E-state index is -4.46. The van der Waals surface area contributed by atoms with E-state index in [-0.39, 0.29) is 39.2 Å². The number of carbonyl (C=O) groups excluding carboxylic acids is 2. The Hall–Kier alpha value is -4.72. The Balaban J connectivity index is 1.93. The van der Waals surface area contributed by atoms with Crippen LogP contribution >= 0.6 is 0 Å². The molecule has 0 aliphatic rings. The molecule has 1 atom stereocenters. The number of rotatable bonds is 7. The van der Waals surface area contributed by atoms with E-state index in [9.17, 15) is 27.2 Å². The van der Waals surface area contributed by atoms with Crippen LogP contribution in [0.25, 0.3) is 33.6 Å². The summed E-state index contributed by atoms with van der Waals surface area (Å²) in [7, 11) is 1.41. The van der Waals surface area contributed by atoms with Gasteiger partial charge in [-0.1, -0.05) is 12.1 Å². The number of pyridine rings is 1. The van der Waals surface area contributed by atoms with E-state index in [0.717, 1.165) is 0 Å². The van der Waals surface area contributed by atoms with E-state index in [4.69, 9.17) is 9.68 Å². The Morgan fingerprint density at radius 3 is 2.44 bits per heavy atom. The first kappa shape index (κ1) is 27.3. The number of nitrogens with one attached hydrogen (secondary N) is 2. The first-order valence-corrected chi connectivity index (χ1v) is 11.8. The maximum absolute atomic E-state index is 13.5. The number of benzene rings is 2. The molecule has 0 saturated heterocycles. The van der Waals surface area contributed by atoms with Gasteiger partial charge in [0.05, 0.1) is 22.7 Å². The number of hydrogen-bond acceptors (Lipinski definition) is 5. The largest absolute Gasteiger partial charge is 0.437 e. The zero-order chi connectivity index (χ0) is 28.3. The number of halogens is 4. The predicted octanol–water partition coefficient (Wildman–Crippen LogP) is 5.80. The fraction of sp³-hybridized carbons (Fsp3) is 0.214. The van der Waals surface area contributed by atoms with Crippen molar-refractivity contribution < 1.29 is 31.6 Å². The van der Waals surface area contributed by atoms with Gasteiger partial charge in [0, 0.05) is 30.2 Å². The van der Waals surface area contributed by atoms with Gasteiger partial charge in [-0.25, -0.2) is 9.37 Å². The fourth-order valence-electron chi connectivity index (χ4n) is 4.06. The van der Waals surface area contributed by atoms with E-state index < -0.39 is 42.7 Å². The Kier molecular flexibility index (Phi) is 7.67. The molecule has 0 aliphatic carbocycles. The molecule has 0 radical (unpaired) electrons. The van der Waals surface area contributed by atoms with Gasteiger partial charge >= 0.3 is 6.18 Å². The van der Waals surface area contributed by atoms with Crippen molar-refractivity contribution in [1.29, 1.82) is 5.26 Å². The number of aryl methyl sites for hydroxylation is 1.